The molecule has 1 aliphatic heterocycles. The molecule has 0 saturated heterocycles. The van der Waals surface area contributed by atoms with E-state index in [-0.39, 0.29) is 5.56 Å². The summed E-state index contributed by atoms with van der Waals surface area (Å²) in [4.78, 5) is 27.6. The smallest absolute Gasteiger partial charge is 0.256 e. The highest BCUT2D eigenvalue weighted by molar-refractivity contribution is 7.98. The number of nitrogens with zero attached hydrogens (tertiary/aromatic N) is 3. The van der Waals surface area contributed by atoms with Gasteiger partial charge in [-0.1, -0.05) is 47.7 Å². The van der Waals surface area contributed by atoms with Gasteiger partial charge in [0.25, 0.3) is 5.56 Å². The minimum Gasteiger partial charge on any atom is -0.496 e. The van der Waals surface area contributed by atoms with Crippen LogP contribution in [-0.4, -0.2) is 33.5 Å². The van der Waals surface area contributed by atoms with Crippen LogP contribution in [0.2, 0.25) is 0 Å². The number of aromatic nitrogens is 3. The maximum absolute atomic E-state index is 12.9. The maximum atomic E-state index is 12.9. The number of oxazole rings is 1. The molecule has 1 N–H and O–H groups in total. The van der Waals surface area contributed by atoms with Crippen molar-refractivity contribution < 1.29 is 9.15 Å². The van der Waals surface area contributed by atoms with Gasteiger partial charge >= 0.3 is 0 Å². The number of para-hydroxylation sites is 1. The van der Waals surface area contributed by atoms with Gasteiger partial charge in [0.05, 0.1) is 24.1 Å². The summed E-state index contributed by atoms with van der Waals surface area (Å²) in [5.41, 5.74) is 5.64. The van der Waals surface area contributed by atoms with E-state index in [1.54, 1.807) is 7.11 Å². The highest BCUT2D eigenvalue weighted by Crippen LogP contribution is 2.28. The molecule has 0 atom stereocenters. The number of hydrogen-bond acceptors (Lipinski definition) is 7. The van der Waals surface area contributed by atoms with Gasteiger partial charge in [-0.15, -0.1) is 0 Å². The number of aromatic amines is 1. The van der Waals surface area contributed by atoms with E-state index in [2.05, 4.69) is 27.0 Å². The molecular formula is C27H28N4O3S. The number of rotatable bonds is 7. The summed E-state index contributed by atoms with van der Waals surface area (Å²) >= 11 is 1.48. The first-order valence-corrected chi connectivity index (χ1v) is 12.6. The summed E-state index contributed by atoms with van der Waals surface area (Å²) in [6, 6.07) is 16.1. The van der Waals surface area contributed by atoms with Crippen LogP contribution in [0.4, 0.5) is 0 Å². The largest absolute Gasteiger partial charge is 0.496 e. The molecule has 180 valence electrons. The fourth-order valence-electron chi connectivity index (χ4n) is 4.34. The summed E-state index contributed by atoms with van der Waals surface area (Å²) in [6.07, 6.45) is 0.739. The van der Waals surface area contributed by atoms with Crippen LogP contribution >= 0.6 is 11.8 Å². The highest BCUT2D eigenvalue weighted by Gasteiger charge is 2.22. The molecule has 0 aliphatic carbocycles. The molecule has 2 aromatic heterocycles. The van der Waals surface area contributed by atoms with Gasteiger partial charge in [0.15, 0.2) is 5.16 Å². The molecule has 3 heterocycles. The lowest BCUT2D eigenvalue weighted by atomic mass is 10.1. The summed E-state index contributed by atoms with van der Waals surface area (Å²) in [7, 11) is 1.68. The van der Waals surface area contributed by atoms with Gasteiger partial charge < -0.3 is 14.1 Å². The van der Waals surface area contributed by atoms with E-state index in [4.69, 9.17) is 14.1 Å². The predicted octanol–water partition coefficient (Wildman–Crippen LogP) is 4.90. The van der Waals surface area contributed by atoms with Gasteiger partial charge in [-0.3, -0.25) is 9.69 Å². The molecule has 0 amide bonds. The van der Waals surface area contributed by atoms with E-state index in [0.29, 0.717) is 23.3 Å². The number of thioether (sulfide) groups is 1. The Labute approximate surface area is 208 Å². The predicted molar refractivity (Wildman–Crippen MR) is 137 cm³/mol. The average Bonchev–Trinajstić information content (AvgIpc) is 3.24. The Morgan fingerprint density at radius 3 is 2.83 bits per heavy atom. The third-order valence-electron chi connectivity index (χ3n) is 6.22. The zero-order chi connectivity index (χ0) is 24.4. The van der Waals surface area contributed by atoms with E-state index in [9.17, 15) is 4.79 Å². The highest BCUT2D eigenvalue weighted by atomic mass is 32.2. The van der Waals surface area contributed by atoms with Gasteiger partial charge in [0.2, 0.25) is 5.89 Å². The number of fused-ring (bicyclic) bond motifs is 1. The van der Waals surface area contributed by atoms with E-state index < -0.39 is 0 Å². The molecule has 35 heavy (non-hydrogen) atoms. The summed E-state index contributed by atoms with van der Waals surface area (Å²) in [6.45, 7) is 6.11. The summed E-state index contributed by atoms with van der Waals surface area (Å²) in [5, 5.41) is 0.617. The Morgan fingerprint density at radius 1 is 1.14 bits per heavy atom. The number of H-pyrrole nitrogens is 1. The number of aryl methyl sites for hydroxylation is 2. The van der Waals surface area contributed by atoms with Crippen molar-refractivity contribution in [2.75, 3.05) is 13.7 Å². The molecule has 5 rings (SSSR count). The van der Waals surface area contributed by atoms with Gasteiger partial charge in [-0.25, -0.2) is 9.97 Å². The zero-order valence-electron chi connectivity index (χ0n) is 20.1. The normalized spacial score (nSPS) is 13.6. The van der Waals surface area contributed by atoms with Crippen LogP contribution in [-0.2, 0) is 25.3 Å². The van der Waals surface area contributed by atoms with E-state index in [0.717, 1.165) is 64.7 Å². The SMILES string of the molecule is COc1ccccc1CN1CCc2nc(SCc3nc(-c4cccc(C)c4)oc3C)[nH]c(=O)c2C1. The fraction of sp³-hybridized carbons (Fsp3) is 0.296. The Bertz CT molecular complexity index is 1410. The minimum absolute atomic E-state index is 0.0699. The topological polar surface area (TPSA) is 84.2 Å². The molecule has 0 bridgehead atoms. The van der Waals surface area contributed by atoms with Crippen LogP contribution in [0.3, 0.4) is 0 Å². The molecule has 0 radical (unpaired) electrons. The molecule has 1 aliphatic rings. The summed E-state index contributed by atoms with van der Waals surface area (Å²) in [5.74, 6) is 2.83. The Balaban J connectivity index is 1.27. The van der Waals surface area contributed by atoms with Crippen LogP contribution in [0.25, 0.3) is 11.5 Å². The quantitative estimate of drug-likeness (QED) is 0.293. The lowest BCUT2D eigenvalue weighted by molar-refractivity contribution is 0.237. The third kappa shape index (κ3) is 5.18. The van der Waals surface area contributed by atoms with Crippen molar-refractivity contribution in [2.45, 2.75) is 44.3 Å². The maximum Gasteiger partial charge on any atom is 0.256 e. The molecule has 0 saturated carbocycles. The standard InChI is InChI=1S/C27H28N4O3S/c1-17-7-6-9-19(13-17)26-28-23(18(2)34-26)16-35-27-29-22-11-12-31(15-21(22)25(32)30-27)14-20-8-4-5-10-24(20)33-3/h4-10,13H,11-12,14-16H2,1-3H3,(H,29,30,32). The van der Waals surface area contributed by atoms with Crippen molar-refractivity contribution in [1.29, 1.82) is 0 Å². The fourth-order valence-corrected chi connectivity index (χ4v) is 5.22. The summed E-state index contributed by atoms with van der Waals surface area (Å²) < 4.78 is 11.4. The lowest BCUT2D eigenvalue weighted by Crippen LogP contribution is -2.35. The Kier molecular flexibility index (Phi) is 6.74. The number of benzene rings is 2. The number of hydrogen-bond donors (Lipinski definition) is 1. The number of methoxy groups -OCH3 is 1. The average molecular weight is 489 g/mol. The van der Waals surface area contributed by atoms with Gasteiger partial charge in [-0.2, -0.15) is 0 Å². The first-order valence-electron chi connectivity index (χ1n) is 11.6. The van der Waals surface area contributed by atoms with Crippen LogP contribution in [0.5, 0.6) is 5.75 Å². The van der Waals surface area contributed by atoms with Crippen LogP contribution in [0.1, 0.15) is 33.8 Å². The molecule has 0 unspecified atom stereocenters. The second-order valence-corrected chi connectivity index (χ2v) is 9.71. The molecule has 7 nitrogen and oxygen atoms in total. The molecule has 4 aromatic rings. The number of ether oxygens (including phenoxy) is 1. The van der Waals surface area contributed by atoms with Crippen LogP contribution < -0.4 is 10.3 Å². The van der Waals surface area contributed by atoms with Crippen LogP contribution in [0.15, 0.2) is 62.9 Å². The van der Waals surface area contributed by atoms with Crippen molar-refractivity contribution >= 4 is 11.8 Å². The van der Waals surface area contributed by atoms with Gasteiger partial charge in [0.1, 0.15) is 11.5 Å². The van der Waals surface area contributed by atoms with E-state index >= 15 is 0 Å². The third-order valence-corrected chi connectivity index (χ3v) is 7.10. The Morgan fingerprint density at radius 2 is 2.00 bits per heavy atom. The molecule has 2 aromatic carbocycles. The molecule has 0 spiro atoms. The van der Waals surface area contributed by atoms with Crippen LogP contribution in [0, 0.1) is 13.8 Å². The zero-order valence-corrected chi connectivity index (χ0v) is 20.9. The number of nitrogens with one attached hydrogen (secondary N) is 1. The Hall–Kier alpha value is -3.36. The second-order valence-electron chi connectivity index (χ2n) is 8.75. The van der Waals surface area contributed by atoms with Crippen molar-refractivity contribution in [2.24, 2.45) is 0 Å². The van der Waals surface area contributed by atoms with Gasteiger partial charge in [-0.05, 0) is 32.0 Å². The van der Waals surface area contributed by atoms with Gasteiger partial charge in [0, 0.05) is 42.9 Å². The monoisotopic (exact) mass is 488 g/mol. The second kappa shape index (κ2) is 10.1. The van der Waals surface area contributed by atoms with Crippen molar-refractivity contribution in [3.8, 4) is 17.2 Å². The molecule has 0 fully saturated rings. The van der Waals surface area contributed by atoms with Crippen molar-refractivity contribution in [3.05, 3.63) is 92.7 Å². The van der Waals surface area contributed by atoms with E-state index in [1.165, 1.54) is 11.8 Å². The first kappa shape index (κ1) is 23.4. The minimum atomic E-state index is -0.0699. The first-order chi connectivity index (χ1) is 17.0. The van der Waals surface area contributed by atoms with Crippen molar-refractivity contribution in [3.63, 3.8) is 0 Å². The molecule has 8 heteroatoms. The van der Waals surface area contributed by atoms with E-state index in [1.807, 2.05) is 50.2 Å². The lowest BCUT2D eigenvalue weighted by Gasteiger charge is -2.28. The molecular weight excluding hydrogens is 460 g/mol. The van der Waals surface area contributed by atoms with Crippen molar-refractivity contribution in [1.82, 2.24) is 19.9 Å².